The van der Waals surface area contributed by atoms with E-state index in [1.165, 1.54) is 0 Å². The van der Waals surface area contributed by atoms with Crippen LogP contribution < -0.4 is 10.1 Å². The van der Waals surface area contributed by atoms with Crippen LogP contribution in [0.4, 0.5) is 4.79 Å². The average Bonchev–Trinajstić information content (AvgIpc) is 2.66. The molecule has 2 N–H and O–H groups in total. The van der Waals surface area contributed by atoms with Gasteiger partial charge >= 0.3 is 6.09 Å². The first-order valence-corrected chi connectivity index (χ1v) is 9.79. The van der Waals surface area contributed by atoms with Gasteiger partial charge in [-0.1, -0.05) is 42.5 Å². The van der Waals surface area contributed by atoms with Crippen molar-refractivity contribution in [3.63, 3.8) is 0 Å². The van der Waals surface area contributed by atoms with E-state index in [4.69, 9.17) is 21.1 Å². The standard InChI is InChI=1S/C22H28ClNO4/c1-22(2,3)28-18-11-9-16(10-12-18)13-19(20(25)14-23)24-21(26)27-15-17-7-5-4-6-8-17/h4-12,19-20,25H,13-15H2,1-3H3,(H,24,26)/t19-,20+/m0/s1. The highest BCUT2D eigenvalue weighted by Crippen LogP contribution is 2.19. The Labute approximate surface area is 171 Å². The summed E-state index contributed by atoms with van der Waals surface area (Å²) in [7, 11) is 0. The molecule has 2 aromatic rings. The van der Waals surface area contributed by atoms with Crippen molar-refractivity contribution in [2.75, 3.05) is 5.88 Å². The minimum absolute atomic E-state index is 0.00878. The minimum Gasteiger partial charge on any atom is -0.488 e. The van der Waals surface area contributed by atoms with Gasteiger partial charge in [-0.05, 0) is 50.5 Å². The van der Waals surface area contributed by atoms with Crippen LogP contribution in [0.15, 0.2) is 54.6 Å². The monoisotopic (exact) mass is 405 g/mol. The van der Waals surface area contributed by atoms with Crippen LogP contribution in [0.3, 0.4) is 0 Å². The lowest BCUT2D eigenvalue weighted by Crippen LogP contribution is -2.45. The largest absolute Gasteiger partial charge is 0.488 e. The molecule has 0 aliphatic carbocycles. The minimum atomic E-state index is -0.892. The second kappa shape index (κ2) is 10.3. The molecule has 1 amide bonds. The van der Waals surface area contributed by atoms with E-state index in [2.05, 4.69) is 5.32 Å². The van der Waals surface area contributed by atoms with Gasteiger partial charge in [-0.15, -0.1) is 11.6 Å². The highest BCUT2D eigenvalue weighted by molar-refractivity contribution is 6.18. The van der Waals surface area contributed by atoms with Gasteiger partial charge in [0.1, 0.15) is 18.0 Å². The predicted octanol–water partition coefficient (Wildman–Crippen LogP) is 4.30. The van der Waals surface area contributed by atoms with Gasteiger partial charge < -0.3 is 19.9 Å². The van der Waals surface area contributed by atoms with Gasteiger partial charge in [-0.2, -0.15) is 0 Å². The molecule has 28 heavy (non-hydrogen) atoms. The van der Waals surface area contributed by atoms with Crippen molar-refractivity contribution < 1.29 is 19.4 Å². The second-order valence-corrected chi connectivity index (χ2v) is 7.91. The molecule has 2 atom stereocenters. The molecule has 152 valence electrons. The number of carbonyl (C=O) groups excluding carboxylic acids is 1. The van der Waals surface area contributed by atoms with Crippen molar-refractivity contribution in [2.24, 2.45) is 0 Å². The Kier molecular flexibility index (Phi) is 8.15. The van der Waals surface area contributed by atoms with E-state index in [0.29, 0.717) is 6.42 Å². The zero-order valence-corrected chi connectivity index (χ0v) is 17.3. The number of alkyl halides is 1. The molecule has 0 aliphatic rings. The molecule has 0 saturated heterocycles. The Hall–Kier alpha value is -2.24. The van der Waals surface area contributed by atoms with Crippen LogP contribution in [0.25, 0.3) is 0 Å². The molecule has 0 saturated carbocycles. The lowest BCUT2D eigenvalue weighted by molar-refractivity contribution is 0.110. The molecule has 0 heterocycles. The molecular formula is C22H28ClNO4. The van der Waals surface area contributed by atoms with Crippen molar-refractivity contribution in [1.29, 1.82) is 0 Å². The van der Waals surface area contributed by atoms with Crippen LogP contribution in [0.5, 0.6) is 5.75 Å². The van der Waals surface area contributed by atoms with Gasteiger partial charge in [0.25, 0.3) is 0 Å². The molecule has 0 bridgehead atoms. The number of ether oxygens (including phenoxy) is 2. The summed E-state index contributed by atoms with van der Waals surface area (Å²) in [5.41, 5.74) is 1.56. The van der Waals surface area contributed by atoms with Crippen LogP contribution in [-0.4, -0.2) is 34.8 Å². The molecule has 0 radical (unpaired) electrons. The van der Waals surface area contributed by atoms with Gasteiger partial charge in [0.2, 0.25) is 0 Å². The summed E-state index contributed by atoms with van der Waals surface area (Å²) in [6, 6.07) is 16.4. The zero-order valence-electron chi connectivity index (χ0n) is 16.5. The van der Waals surface area contributed by atoms with Gasteiger partial charge in [-0.3, -0.25) is 0 Å². The average molecular weight is 406 g/mol. The zero-order chi connectivity index (χ0) is 20.6. The van der Waals surface area contributed by atoms with E-state index in [9.17, 15) is 9.90 Å². The van der Waals surface area contributed by atoms with Gasteiger partial charge in [0.05, 0.1) is 18.0 Å². The predicted molar refractivity (Wildman–Crippen MR) is 111 cm³/mol. The third-order valence-electron chi connectivity index (χ3n) is 3.94. The fraction of sp³-hybridized carbons (Fsp3) is 0.409. The molecule has 0 aromatic heterocycles. The first kappa shape index (κ1) is 22.1. The molecule has 2 rings (SSSR count). The highest BCUT2D eigenvalue weighted by Gasteiger charge is 2.22. The Bertz CT molecular complexity index is 728. The highest BCUT2D eigenvalue weighted by atomic mass is 35.5. The van der Waals surface area contributed by atoms with Crippen molar-refractivity contribution in [3.05, 3.63) is 65.7 Å². The van der Waals surface area contributed by atoms with Crippen molar-refractivity contribution in [1.82, 2.24) is 5.32 Å². The maximum Gasteiger partial charge on any atom is 0.407 e. The quantitative estimate of drug-likeness (QED) is 0.642. The van der Waals surface area contributed by atoms with E-state index in [0.717, 1.165) is 16.9 Å². The van der Waals surface area contributed by atoms with Crippen molar-refractivity contribution in [3.8, 4) is 5.75 Å². The molecule has 0 fully saturated rings. The molecule has 2 aromatic carbocycles. The number of hydrogen-bond donors (Lipinski definition) is 2. The maximum absolute atomic E-state index is 12.1. The summed E-state index contributed by atoms with van der Waals surface area (Å²) >= 11 is 5.81. The molecule has 5 nitrogen and oxygen atoms in total. The summed E-state index contributed by atoms with van der Waals surface area (Å²) in [5.74, 6) is 0.774. The normalized spacial score (nSPS) is 13.5. The smallest absolute Gasteiger partial charge is 0.407 e. The van der Waals surface area contributed by atoms with E-state index in [1.54, 1.807) is 0 Å². The van der Waals surface area contributed by atoms with Crippen LogP contribution >= 0.6 is 11.6 Å². The number of alkyl carbamates (subject to hydrolysis) is 1. The molecule has 0 unspecified atom stereocenters. The van der Waals surface area contributed by atoms with Crippen LogP contribution in [0, 0.1) is 0 Å². The second-order valence-electron chi connectivity index (χ2n) is 7.60. The summed E-state index contributed by atoms with van der Waals surface area (Å²) in [5, 5.41) is 12.9. The third-order valence-corrected chi connectivity index (χ3v) is 4.26. The number of halogens is 1. The lowest BCUT2D eigenvalue weighted by atomic mass is 10.0. The molecule has 6 heteroatoms. The van der Waals surface area contributed by atoms with Crippen LogP contribution in [0.2, 0.25) is 0 Å². The van der Waals surface area contributed by atoms with E-state index < -0.39 is 18.2 Å². The Morgan fingerprint density at radius 1 is 1.07 bits per heavy atom. The number of nitrogens with one attached hydrogen (secondary N) is 1. The van der Waals surface area contributed by atoms with Crippen molar-refractivity contribution in [2.45, 2.75) is 51.5 Å². The molecule has 0 aliphatic heterocycles. The lowest BCUT2D eigenvalue weighted by Gasteiger charge is -2.23. The summed E-state index contributed by atoms with van der Waals surface area (Å²) in [4.78, 5) is 12.1. The number of amides is 1. The summed E-state index contributed by atoms with van der Waals surface area (Å²) in [6.45, 7) is 6.12. The number of rotatable bonds is 8. The summed E-state index contributed by atoms with van der Waals surface area (Å²) < 4.78 is 11.0. The van der Waals surface area contributed by atoms with E-state index in [1.807, 2.05) is 75.4 Å². The SMILES string of the molecule is CC(C)(C)Oc1ccc(C[C@H](NC(=O)OCc2ccccc2)[C@H](O)CCl)cc1. The van der Waals surface area contributed by atoms with Crippen LogP contribution in [0.1, 0.15) is 31.9 Å². The topological polar surface area (TPSA) is 67.8 Å². The van der Waals surface area contributed by atoms with Crippen LogP contribution in [-0.2, 0) is 17.8 Å². The maximum atomic E-state index is 12.1. The van der Waals surface area contributed by atoms with Gasteiger partial charge in [0, 0.05) is 0 Å². The Morgan fingerprint density at radius 3 is 2.29 bits per heavy atom. The number of carbonyl (C=O) groups is 1. The fourth-order valence-electron chi connectivity index (χ4n) is 2.61. The fourth-order valence-corrected chi connectivity index (χ4v) is 2.82. The van der Waals surface area contributed by atoms with Crippen molar-refractivity contribution >= 4 is 17.7 Å². The number of benzene rings is 2. The summed E-state index contributed by atoms with van der Waals surface area (Å²) in [6.07, 6.45) is -1.06. The van der Waals surface area contributed by atoms with Gasteiger partial charge in [-0.25, -0.2) is 4.79 Å². The number of hydrogen-bond acceptors (Lipinski definition) is 4. The van der Waals surface area contributed by atoms with E-state index >= 15 is 0 Å². The Morgan fingerprint density at radius 2 is 1.71 bits per heavy atom. The first-order valence-electron chi connectivity index (χ1n) is 9.26. The molecule has 0 spiro atoms. The van der Waals surface area contributed by atoms with E-state index in [-0.39, 0.29) is 18.1 Å². The number of aliphatic hydroxyl groups is 1. The Balaban J connectivity index is 1.94. The first-order chi connectivity index (χ1) is 13.3. The third kappa shape index (κ3) is 7.79. The number of aliphatic hydroxyl groups excluding tert-OH is 1. The van der Waals surface area contributed by atoms with Gasteiger partial charge in [0.15, 0.2) is 0 Å². The molecular weight excluding hydrogens is 378 g/mol.